The normalized spacial score (nSPS) is 11.2. The highest BCUT2D eigenvalue weighted by atomic mass is 32.2. The lowest BCUT2D eigenvalue weighted by atomic mass is 10.1. The zero-order valence-electron chi connectivity index (χ0n) is 13.3. The maximum atomic E-state index is 12.8. The molecule has 128 valence electrons. The highest BCUT2D eigenvalue weighted by Crippen LogP contribution is 2.14. The van der Waals surface area contributed by atoms with Crippen molar-refractivity contribution < 1.29 is 17.6 Å². The van der Waals surface area contributed by atoms with E-state index in [9.17, 15) is 17.6 Å². The zero-order chi connectivity index (χ0) is 17.6. The number of hydrogen-bond donors (Lipinski definition) is 2. The van der Waals surface area contributed by atoms with Crippen molar-refractivity contribution in [1.82, 2.24) is 4.72 Å². The van der Waals surface area contributed by atoms with Gasteiger partial charge in [0.1, 0.15) is 5.82 Å². The third-order valence-electron chi connectivity index (χ3n) is 3.27. The van der Waals surface area contributed by atoms with Crippen LogP contribution in [-0.4, -0.2) is 20.9 Å². The van der Waals surface area contributed by atoms with Gasteiger partial charge in [0.15, 0.2) is 0 Å². The molecule has 24 heavy (non-hydrogen) atoms. The lowest BCUT2D eigenvalue weighted by molar-refractivity contribution is -0.115. The molecule has 2 aromatic rings. The van der Waals surface area contributed by atoms with Gasteiger partial charge in [-0.1, -0.05) is 19.1 Å². The molecule has 0 fully saturated rings. The maximum absolute atomic E-state index is 12.8. The van der Waals surface area contributed by atoms with Crippen LogP contribution < -0.4 is 10.0 Å². The van der Waals surface area contributed by atoms with E-state index in [1.165, 1.54) is 36.4 Å². The van der Waals surface area contributed by atoms with Crippen molar-refractivity contribution in [2.24, 2.45) is 0 Å². The van der Waals surface area contributed by atoms with Gasteiger partial charge in [-0.3, -0.25) is 4.79 Å². The summed E-state index contributed by atoms with van der Waals surface area (Å²) >= 11 is 0. The number of benzene rings is 2. The molecule has 0 heterocycles. The minimum Gasteiger partial charge on any atom is -0.326 e. The fourth-order valence-corrected chi connectivity index (χ4v) is 3.16. The number of amides is 1. The summed E-state index contributed by atoms with van der Waals surface area (Å²) in [6.45, 7) is 2.25. The van der Waals surface area contributed by atoms with Crippen molar-refractivity contribution in [3.8, 4) is 0 Å². The van der Waals surface area contributed by atoms with E-state index in [2.05, 4.69) is 10.0 Å². The maximum Gasteiger partial charge on any atom is 0.240 e. The van der Waals surface area contributed by atoms with Gasteiger partial charge < -0.3 is 5.32 Å². The predicted molar refractivity (Wildman–Crippen MR) is 90.7 cm³/mol. The standard InChI is InChI=1S/C17H19FN2O3S/c1-2-11-19-24(22,23)16-9-7-15(8-10-16)20-17(21)12-13-3-5-14(18)6-4-13/h3-10,19H,2,11-12H2,1H3,(H,20,21). The average Bonchev–Trinajstić information content (AvgIpc) is 2.55. The Kier molecular flexibility index (Phi) is 6.05. The molecule has 0 aromatic heterocycles. The zero-order valence-corrected chi connectivity index (χ0v) is 14.1. The van der Waals surface area contributed by atoms with Crippen molar-refractivity contribution >= 4 is 21.6 Å². The minimum atomic E-state index is -3.52. The summed E-state index contributed by atoms with van der Waals surface area (Å²) in [4.78, 5) is 12.1. The van der Waals surface area contributed by atoms with Crippen LogP contribution >= 0.6 is 0 Å². The molecule has 0 aliphatic carbocycles. The van der Waals surface area contributed by atoms with Gasteiger partial charge in [0.2, 0.25) is 15.9 Å². The summed E-state index contributed by atoms with van der Waals surface area (Å²) in [6, 6.07) is 11.6. The van der Waals surface area contributed by atoms with Crippen LogP contribution in [0.4, 0.5) is 10.1 Å². The Bertz CT molecular complexity index is 788. The molecule has 2 rings (SSSR count). The van der Waals surface area contributed by atoms with E-state index in [1.54, 1.807) is 12.1 Å². The van der Waals surface area contributed by atoms with Gasteiger partial charge in [0.05, 0.1) is 11.3 Å². The van der Waals surface area contributed by atoms with E-state index in [4.69, 9.17) is 0 Å². The molecule has 0 spiro atoms. The smallest absolute Gasteiger partial charge is 0.240 e. The number of nitrogens with one attached hydrogen (secondary N) is 2. The molecular weight excluding hydrogens is 331 g/mol. The number of carbonyl (C=O) groups excluding carboxylic acids is 1. The highest BCUT2D eigenvalue weighted by molar-refractivity contribution is 7.89. The van der Waals surface area contributed by atoms with E-state index in [0.717, 1.165) is 0 Å². The third kappa shape index (κ3) is 5.14. The quantitative estimate of drug-likeness (QED) is 0.806. The molecular formula is C17H19FN2O3S. The molecule has 0 atom stereocenters. The van der Waals surface area contributed by atoms with Crippen LogP contribution in [0.25, 0.3) is 0 Å². The molecule has 2 N–H and O–H groups in total. The second-order valence-corrected chi connectivity index (χ2v) is 7.04. The first-order valence-corrected chi connectivity index (χ1v) is 9.03. The fraction of sp³-hybridized carbons (Fsp3) is 0.235. The average molecular weight is 350 g/mol. The van der Waals surface area contributed by atoms with Crippen molar-refractivity contribution in [1.29, 1.82) is 0 Å². The minimum absolute atomic E-state index is 0.110. The summed E-state index contributed by atoms with van der Waals surface area (Å²) in [5.41, 5.74) is 1.19. The van der Waals surface area contributed by atoms with Gasteiger partial charge in [-0.05, 0) is 48.4 Å². The number of sulfonamides is 1. The second kappa shape index (κ2) is 8.03. The summed E-state index contributed by atoms with van der Waals surface area (Å²) in [7, 11) is -3.52. The van der Waals surface area contributed by atoms with E-state index >= 15 is 0 Å². The Morgan fingerprint density at radius 1 is 1.04 bits per heavy atom. The molecule has 5 nitrogen and oxygen atoms in total. The monoisotopic (exact) mass is 350 g/mol. The Labute approximate surface area is 141 Å². The summed E-state index contributed by atoms with van der Waals surface area (Å²) in [5, 5.41) is 2.68. The van der Waals surface area contributed by atoms with Gasteiger partial charge in [-0.25, -0.2) is 17.5 Å². The molecule has 0 unspecified atom stereocenters. The Balaban J connectivity index is 1.98. The summed E-state index contributed by atoms with van der Waals surface area (Å²) in [5.74, 6) is -0.617. The first-order valence-electron chi connectivity index (χ1n) is 7.55. The largest absolute Gasteiger partial charge is 0.326 e. The summed E-state index contributed by atoms with van der Waals surface area (Å²) in [6.07, 6.45) is 0.815. The van der Waals surface area contributed by atoms with Gasteiger partial charge in [-0.2, -0.15) is 0 Å². The van der Waals surface area contributed by atoms with Crippen LogP contribution in [0.1, 0.15) is 18.9 Å². The van der Waals surface area contributed by atoms with E-state index < -0.39 is 10.0 Å². The van der Waals surface area contributed by atoms with Gasteiger partial charge in [-0.15, -0.1) is 0 Å². The number of carbonyl (C=O) groups is 1. The Hall–Kier alpha value is -2.25. The first kappa shape index (κ1) is 18.1. The molecule has 0 aliphatic heterocycles. The SMILES string of the molecule is CCCNS(=O)(=O)c1ccc(NC(=O)Cc2ccc(F)cc2)cc1. The first-order chi connectivity index (χ1) is 11.4. The third-order valence-corrected chi connectivity index (χ3v) is 4.75. The fourth-order valence-electron chi connectivity index (χ4n) is 2.03. The van der Waals surface area contributed by atoms with Gasteiger partial charge in [0, 0.05) is 12.2 Å². The molecule has 0 bridgehead atoms. The molecule has 0 radical (unpaired) electrons. The summed E-state index contributed by atoms with van der Waals surface area (Å²) < 4.78 is 39.2. The molecule has 0 aliphatic rings. The van der Waals surface area contributed by atoms with Crippen molar-refractivity contribution in [2.75, 3.05) is 11.9 Å². The van der Waals surface area contributed by atoms with Crippen LogP contribution in [0.2, 0.25) is 0 Å². The van der Waals surface area contributed by atoms with Crippen LogP contribution in [0, 0.1) is 5.82 Å². The number of hydrogen-bond acceptors (Lipinski definition) is 3. The van der Waals surface area contributed by atoms with Crippen molar-refractivity contribution in [3.63, 3.8) is 0 Å². The van der Waals surface area contributed by atoms with Crippen LogP contribution in [0.5, 0.6) is 0 Å². The number of halogens is 1. The molecule has 0 saturated heterocycles. The number of anilines is 1. The molecule has 7 heteroatoms. The van der Waals surface area contributed by atoms with Crippen LogP contribution in [-0.2, 0) is 21.2 Å². The lowest BCUT2D eigenvalue weighted by Crippen LogP contribution is -2.24. The van der Waals surface area contributed by atoms with Gasteiger partial charge in [0.25, 0.3) is 0 Å². The van der Waals surface area contributed by atoms with E-state index in [1.807, 2.05) is 6.92 Å². The highest BCUT2D eigenvalue weighted by Gasteiger charge is 2.13. The van der Waals surface area contributed by atoms with E-state index in [0.29, 0.717) is 24.2 Å². The number of rotatable bonds is 7. The topological polar surface area (TPSA) is 75.3 Å². The predicted octanol–water partition coefficient (Wildman–Crippen LogP) is 2.70. The Morgan fingerprint density at radius 3 is 2.25 bits per heavy atom. The van der Waals surface area contributed by atoms with Gasteiger partial charge >= 0.3 is 0 Å². The van der Waals surface area contributed by atoms with E-state index in [-0.39, 0.29) is 23.0 Å². The Morgan fingerprint density at radius 2 is 1.67 bits per heavy atom. The van der Waals surface area contributed by atoms with Crippen LogP contribution in [0.3, 0.4) is 0 Å². The molecule has 1 amide bonds. The van der Waals surface area contributed by atoms with Crippen molar-refractivity contribution in [3.05, 3.63) is 59.9 Å². The lowest BCUT2D eigenvalue weighted by Gasteiger charge is -2.08. The second-order valence-electron chi connectivity index (χ2n) is 5.27. The van der Waals surface area contributed by atoms with Crippen LogP contribution in [0.15, 0.2) is 53.4 Å². The molecule has 2 aromatic carbocycles. The van der Waals surface area contributed by atoms with Crippen molar-refractivity contribution in [2.45, 2.75) is 24.7 Å². The molecule has 0 saturated carbocycles.